The first-order valence-corrected chi connectivity index (χ1v) is 12.3. The number of nitrogens with zero attached hydrogens (tertiary/aromatic N) is 3. The summed E-state index contributed by atoms with van der Waals surface area (Å²) in [6, 6.07) is 30.2. The van der Waals surface area contributed by atoms with E-state index in [0.29, 0.717) is 16.7 Å². The zero-order valence-electron chi connectivity index (χ0n) is 19.2. The number of halogens is 1. The number of hydrogen-bond donors (Lipinski definition) is 0. The molecule has 1 unspecified atom stereocenters. The largest absolute Gasteiger partial charge is 0.456 e. The molecular weight excluding hydrogens is 466 g/mol. The van der Waals surface area contributed by atoms with Gasteiger partial charge >= 0.3 is 0 Å². The van der Waals surface area contributed by atoms with Gasteiger partial charge in [-0.1, -0.05) is 96.5 Å². The molecule has 1 atom stereocenters. The molecule has 4 nitrogen and oxygen atoms in total. The SMILES string of the molecule is Clc1ccc2oc3ccccc3c2c1-c1nc(-c2ccccc2)nc(C2C=Cc3ccccc3C2)n1. The van der Waals surface area contributed by atoms with Crippen molar-refractivity contribution in [3.63, 3.8) is 0 Å². The average molecular weight is 486 g/mol. The Morgan fingerprint density at radius 1 is 0.722 bits per heavy atom. The Labute approximate surface area is 212 Å². The van der Waals surface area contributed by atoms with Gasteiger partial charge in [-0.2, -0.15) is 0 Å². The molecule has 0 aliphatic heterocycles. The van der Waals surface area contributed by atoms with Crippen molar-refractivity contribution in [2.45, 2.75) is 12.3 Å². The van der Waals surface area contributed by atoms with Crippen LogP contribution in [0.2, 0.25) is 5.02 Å². The van der Waals surface area contributed by atoms with Crippen molar-refractivity contribution >= 4 is 39.6 Å². The summed E-state index contributed by atoms with van der Waals surface area (Å²) in [4.78, 5) is 14.9. The fourth-order valence-corrected chi connectivity index (χ4v) is 5.22. The van der Waals surface area contributed by atoms with Gasteiger partial charge in [0.25, 0.3) is 0 Å². The minimum absolute atomic E-state index is 0.0307. The van der Waals surface area contributed by atoms with Crippen LogP contribution in [-0.2, 0) is 6.42 Å². The molecule has 36 heavy (non-hydrogen) atoms. The highest BCUT2D eigenvalue weighted by Crippen LogP contribution is 2.40. The lowest BCUT2D eigenvalue weighted by Crippen LogP contribution is -2.12. The molecule has 0 fully saturated rings. The Morgan fingerprint density at radius 2 is 1.50 bits per heavy atom. The monoisotopic (exact) mass is 485 g/mol. The lowest BCUT2D eigenvalue weighted by Gasteiger charge is -2.19. The molecule has 0 amide bonds. The van der Waals surface area contributed by atoms with E-state index >= 15 is 0 Å². The Balaban J connectivity index is 1.47. The quantitative estimate of drug-likeness (QED) is 0.254. The molecule has 5 heteroatoms. The summed E-state index contributed by atoms with van der Waals surface area (Å²) in [6.45, 7) is 0. The van der Waals surface area contributed by atoms with Crippen molar-refractivity contribution in [3.8, 4) is 22.8 Å². The van der Waals surface area contributed by atoms with E-state index in [9.17, 15) is 0 Å². The maximum Gasteiger partial charge on any atom is 0.166 e. The summed E-state index contributed by atoms with van der Waals surface area (Å²) in [6.07, 6.45) is 5.18. The van der Waals surface area contributed by atoms with Crippen LogP contribution in [0.15, 0.2) is 101 Å². The first-order chi connectivity index (χ1) is 17.7. The molecule has 2 aromatic heterocycles. The Morgan fingerprint density at radius 3 is 2.42 bits per heavy atom. The van der Waals surface area contributed by atoms with Crippen LogP contribution in [0.25, 0.3) is 50.8 Å². The molecule has 0 radical (unpaired) electrons. The molecule has 1 aliphatic carbocycles. The second-order valence-corrected chi connectivity index (χ2v) is 9.38. The van der Waals surface area contributed by atoms with Crippen LogP contribution in [-0.4, -0.2) is 15.0 Å². The molecule has 172 valence electrons. The summed E-state index contributed by atoms with van der Waals surface area (Å²) in [7, 11) is 0. The smallest absolute Gasteiger partial charge is 0.166 e. The predicted molar refractivity (Wildman–Crippen MR) is 145 cm³/mol. The maximum absolute atomic E-state index is 6.84. The molecule has 0 saturated carbocycles. The van der Waals surface area contributed by atoms with Crippen molar-refractivity contribution in [3.05, 3.63) is 119 Å². The van der Waals surface area contributed by atoms with Crippen molar-refractivity contribution in [2.24, 2.45) is 0 Å². The maximum atomic E-state index is 6.84. The van der Waals surface area contributed by atoms with E-state index in [1.54, 1.807) is 0 Å². The van der Waals surface area contributed by atoms with Crippen molar-refractivity contribution in [2.75, 3.05) is 0 Å². The number of hydrogen-bond acceptors (Lipinski definition) is 4. The number of para-hydroxylation sites is 1. The Bertz CT molecular complexity index is 1790. The highest BCUT2D eigenvalue weighted by Gasteiger charge is 2.23. The third kappa shape index (κ3) is 3.50. The van der Waals surface area contributed by atoms with E-state index in [-0.39, 0.29) is 5.92 Å². The molecular formula is C31H20ClN3O. The van der Waals surface area contributed by atoms with Crippen LogP contribution in [0.1, 0.15) is 22.9 Å². The number of rotatable bonds is 3. The Hall–Kier alpha value is -4.28. The van der Waals surface area contributed by atoms with Crippen molar-refractivity contribution < 1.29 is 4.42 Å². The second-order valence-electron chi connectivity index (χ2n) is 8.97. The minimum Gasteiger partial charge on any atom is -0.456 e. The molecule has 1 aliphatic rings. The third-order valence-electron chi connectivity index (χ3n) is 6.74. The molecule has 0 N–H and O–H groups in total. The van der Waals surface area contributed by atoms with Gasteiger partial charge in [0.1, 0.15) is 17.0 Å². The van der Waals surface area contributed by atoms with Gasteiger partial charge < -0.3 is 4.42 Å². The first-order valence-electron chi connectivity index (χ1n) is 11.9. The van der Waals surface area contributed by atoms with Crippen LogP contribution in [0.3, 0.4) is 0 Å². The van der Waals surface area contributed by atoms with E-state index in [0.717, 1.165) is 45.3 Å². The number of allylic oxidation sites excluding steroid dienone is 1. The molecule has 0 bridgehead atoms. The summed E-state index contributed by atoms with van der Waals surface area (Å²) in [5.74, 6) is 1.94. The summed E-state index contributed by atoms with van der Waals surface area (Å²) in [5, 5.41) is 2.48. The summed E-state index contributed by atoms with van der Waals surface area (Å²) in [5.41, 5.74) is 5.78. The Kier molecular flexibility index (Phi) is 4.93. The van der Waals surface area contributed by atoms with E-state index < -0.39 is 0 Å². The number of fused-ring (bicyclic) bond motifs is 4. The second kappa shape index (κ2) is 8.43. The zero-order valence-corrected chi connectivity index (χ0v) is 20.0. The van der Waals surface area contributed by atoms with Crippen LogP contribution in [0.5, 0.6) is 0 Å². The van der Waals surface area contributed by atoms with Gasteiger partial charge in [0.2, 0.25) is 0 Å². The van der Waals surface area contributed by atoms with E-state index in [1.807, 2.05) is 66.7 Å². The molecule has 6 aromatic rings. The standard InChI is InChI=1S/C31H20ClN3O/c32-24-16-17-26-27(23-12-6-7-13-25(23)36-26)28(24)31-34-29(20-9-2-1-3-10-20)33-30(35-31)22-15-14-19-8-4-5-11-21(19)18-22/h1-17,22H,18H2. The number of furan rings is 1. The number of benzene rings is 4. The zero-order chi connectivity index (χ0) is 24.1. The lowest BCUT2D eigenvalue weighted by molar-refractivity contribution is 0.669. The highest BCUT2D eigenvalue weighted by molar-refractivity contribution is 6.35. The molecule has 7 rings (SSSR count). The normalized spacial score (nSPS) is 14.9. The van der Waals surface area contributed by atoms with Crippen LogP contribution >= 0.6 is 11.6 Å². The first kappa shape index (κ1) is 21.0. The van der Waals surface area contributed by atoms with Gasteiger partial charge in [-0.25, -0.2) is 15.0 Å². The highest BCUT2D eigenvalue weighted by atomic mass is 35.5. The minimum atomic E-state index is 0.0307. The molecule has 2 heterocycles. The van der Waals surface area contributed by atoms with Gasteiger partial charge in [-0.05, 0) is 35.7 Å². The predicted octanol–water partition coefficient (Wildman–Crippen LogP) is 8.11. The van der Waals surface area contributed by atoms with Crippen LogP contribution in [0, 0.1) is 0 Å². The molecule has 4 aromatic carbocycles. The van der Waals surface area contributed by atoms with E-state index in [2.05, 4.69) is 36.4 Å². The third-order valence-corrected chi connectivity index (χ3v) is 7.05. The van der Waals surface area contributed by atoms with Gasteiger partial charge in [-0.3, -0.25) is 0 Å². The van der Waals surface area contributed by atoms with E-state index in [4.69, 9.17) is 31.0 Å². The van der Waals surface area contributed by atoms with Gasteiger partial charge in [0.15, 0.2) is 11.6 Å². The summed E-state index contributed by atoms with van der Waals surface area (Å²) < 4.78 is 6.13. The topological polar surface area (TPSA) is 51.8 Å². The van der Waals surface area contributed by atoms with Crippen LogP contribution < -0.4 is 0 Å². The van der Waals surface area contributed by atoms with Crippen molar-refractivity contribution in [1.82, 2.24) is 15.0 Å². The fraction of sp³-hybridized carbons (Fsp3) is 0.0645. The fourth-order valence-electron chi connectivity index (χ4n) is 4.98. The van der Waals surface area contributed by atoms with Gasteiger partial charge in [0, 0.05) is 27.8 Å². The molecule has 0 spiro atoms. The number of aromatic nitrogens is 3. The van der Waals surface area contributed by atoms with Gasteiger partial charge in [0.05, 0.1) is 5.02 Å². The van der Waals surface area contributed by atoms with E-state index in [1.165, 1.54) is 11.1 Å². The average Bonchev–Trinajstić information content (AvgIpc) is 3.31. The van der Waals surface area contributed by atoms with Crippen molar-refractivity contribution in [1.29, 1.82) is 0 Å². The van der Waals surface area contributed by atoms with Crippen LogP contribution in [0.4, 0.5) is 0 Å². The van der Waals surface area contributed by atoms with Gasteiger partial charge in [-0.15, -0.1) is 0 Å². The lowest BCUT2D eigenvalue weighted by atomic mass is 9.89. The molecule has 0 saturated heterocycles. The summed E-state index contributed by atoms with van der Waals surface area (Å²) >= 11 is 6.84.